The first-order valence-corrected chi connectivity index (χ1v) is 6.35. The summed E-state index contributed by atoms with van der Waals surface area (Å²) >= 11 is 0. The van der Waals surface area contributed by atoms with Gasteiger partial charge < -0.3 is 29.3 Å². The van der Waals surface area contributed by atoms with Crippen LogP contribution in [0.4, 0.5) is 9.05 Å². The van der Waals surface area contributed by atoms with Gasteiger partial charge in [-0.1, -0.05) is 0 Å². The molecule has 0 aromatic heterocycles. The van der Waals surface area contributed by atoms with Gasteiger partial charge in [0.2, 0.25) is 0 Å². The molecule has 0 amide bonds. The van der Waals surface area contributed by atoms with E-state index in [1.807, 2.05) is 0 Å². The molecule has 0 saturated carbocycles. The van der Waals surface area contributed by atoms with Gasteiger partial charge in [0.15, 0.2) is 12.2 Å². The number of carboxylic acids is 2. The van der Waals surface area contributed by atoms with Crippen molar-refractivity contribution in [2.75, 3.05) is 0 Å². The normalized spacial score (nSPS) is 13.8. The Bertz CT molecular complexity index is 412. The van der Waals surface area contributed by atoms with Gasteiger partial charge in [0.25, 0.3) is 0 Å². The fraction of sp³-hybridized carbons (Fsp3) is 0.667. The van der Waals surface area contributed by atoms with Crippen LogP contribution in [-0.4, -0.2) is 48.3 Å². The molecule has 0 bridgehead atoms. The molecule has 26 heavy (non-hydrogen) atoms. The molecule has 0 aliphatic rings. The van der Waals surface area contributed by atoms with Crippen LogP contribution in [0, 0.1) is 0 Å². The first-order valence-electron chi connectivity index (χ1n) is 6.35. The third-order valence-corrected chi connectivity index (χ3v) is 2.30. The van der Waals surface area contributed by atoms with E-state index in [4.69, 9.17) is 0 Å². The predicted molar refractivity (Wildman–Crippen MR) is 64.4 cm³/mol. The van der Waals surface area contributed by atoms with Gasteiger partial charge in [-0.25, -0.2) is 9.59 Å². The minimum atomic E-state index is -1.48. The van der Waals surface area contributed by atoms with Crippen molar-refractivity contribution in [3.05, 3.63) is 0 Å². The summed E-state index contributed by atoms with van der Waals surface area (Å²) in [5.74, 6) is -5.51. The van der Waals surface area contributed by atoms with Gasteiger partial charge in [0.05, 0.1) is 24.1 Å². The van der Waals surface area contributed by atoms with Crippen LogP contribution in [0.25, 0.3) is 0 Å². The second-order valence-corrected chi connectivity index (χ2v) is 4.27. The predicted octanol–water partition coefficient (Wildman–Crippen LogP) is -8.08. The third-order valence-electron chi connectivity index (χ3n) is 2.30. The SMILES string of the molecule is CC(OC(C)C(=O)OF)C(=O)[O-].CC(OC(C)C(=O)OF)C(=O)[O-].[K+].[K+]. The molecule has 0 N–H and O–H groups in total. The Balaban J connectivity index is -0.000000173. The van der Waals surface area contributed by atoms with Crippen LogP contribution in [0.3, 0.4) is 0 Å². The van der Waals surface area contributed by atoms with E-state index in [2.05, 4.69) is 19.4 Å². The van der Waals surface area contributed by atoms with E-state index in [9.17, 15) is 38.4 Å². The number of halogens is 2. The zero-order chi connectivity index (χ0) is 19.4. The van der Waals surface area contributed by atoms with E-state index >= 15 is 0 Å². The number of aliphatic carboxylic acids is 2. The van der Waals surface area contributed by atoms with E-state index in [0.717, 1.165) is 13.8 Å². The van der Waals surface area contributed by atoms with Crippen molar-refractivity contribution in [3.8, 4) is 0 Å². The minimum Gasteiger partial charge on any atom is -0.547 e. The smallest absolute Gasteiger partial charge is 0.547 e. The zero-order valence-electron chi connectivity index (χ0n) is 15.1. The second kappa shape index (κ2) is 19.3. The van der Waals surface area contributed by atoms with E-state index in [1.165, 1.54) is 13.8 Å². The number of rotatable bonds is 8. The summed E-state index contributed by atoms with van der Waals surface area (Å²) in [7, 11) is 0. The summed E-state index contributed by atoms with van der Waals surface area (Å²) in [6, 6.07) is 0. The molecule has 14 heteroatoms. The van der Waals surface area contributed by atoms with Gasteiger partial charge >= 0.3 is 115 Å². The second-order valence-electron chi connectivity index (χ2n) is 4.27. The number of hydrogen-bond donors (Lipinski definition) is 0. The molecule has 4 atom stereocenters. The molecular formula is C12H16F2K2O10. The van der Waals surface area contributed by atoms with Crippen LogP contribution in [0.2, 0.25) is 0 Å². The van der Waals surface area contributed by atoms with E-state index in [-0.39, 0.29) is 103 Å². The molecule has 10 nitrogen and oxygen atoms in total. The van der Waals surface area contributed by atoms with Crippen LogP contribution in [0.5, 0.6) is 0 Å². The molecule has 0 aliphatic heterocycles. The molecule has 0 aliphatic carbocycles. The first kappa shape index (κ1) is 34.4. The molecule has 140 valence electrons. The molecule has 0 fully saturated rings. The summed E-state index contributed by atoms with van der Waals surface area (Å²) in [5.41, 5.74) is 0. The van der Waals surface area contributed by atoms with Crippen molar-refractivity contribution in [3.63, 3.8) is 0 Å². The summed E-state index contributed by atoms with van der Waals surface area (Å²) in [6.45, 7) is 4.66. The zero-order valence-corrected chi connectivity index (χ0v) is 21.4. The Morgan fingerprint density at radius 2 is 0.885 bits per heavy atom. The molecule has 0 heterocycles. The van der Waals surface area contributed by atoms with Gasteiger partial charge in [0.1, 0.15) is 0 Å². The molecule has 0 aromatic rings. The average molecular weight is 436 g/mol. The summed E-state index contributed by atoms with van der Waals surface area (Å²) < 4.78 is 31.4. The van der Waals surface area contributed by atoms with Crippen LogP contribution in [0.15, 0.2) is 0 Å². The molecule has 0 radical (unpaired) electrons. The maximum absolute atomic E-state index is 11.2. The molecule has 0 saturated heterocycles. The van der Waals surface area contributed by atoms with Crippen LogP contribution in [-0.2, 0) is 38.5 Å². The Hall–Kier alpha value is 0.933. The van der Waals surface area contributed by atoms with Crippen molar-refractivity contribution in [2.24, 2.45) is 0 Å². The maximum atomic E-state index is 11.2. The van der Waals surface area contributed by atoms with Gasteiger partial charge in [-0.05, 0) is 27.7 Å². The van der Waals surface area contributed by atoms with Crippen molar-refractivity contribution >= 4 is 23.9 Å². The quantitative estimate of drug-likeness (QED) is 0.335. The van der Waals surface area contributed by atoms with Crippen LogP contribution in [0.1, 0.15) is 27.7 Å². The largest absolute Gasteiger partial charge is 1.00 e. The molecule has 0 spiro atoms. The summed E-state index contributed by atoms with van der Waals surface area (Å²) in [4.78, 5) is 46.4. The minimum absolute atomic E-state index is 0. The van der Waals surface area contributed by atoms with Crippen LogP contribution >= 0.6 is 0 Å². The number of carboxylic acid groups (broad SMARTS) is 2. The number of carbonyl (C=O) groups is 4. The molecule has 0 rings (SSSR count). The molecular weight excluding hydrogens is 420 g/mol. The van der Waals surface area contributed by atoms with E-state index in [1.54, 1.807) is 0 Å². The van der Waals surface area contributed by atoms with Crippen molar-refractivity contribution in [1.29, 1.82) is 0 Å². The summed E-state index contributed by atoms with van der Waals surface area (Å²) in [6.07, 6.45) is -5.08. The Kier molecular flexibility index (Phi) is 25.5. The van der Waals surface area contributed by atoms with Crippen LogP contribution < -0.4 is 113 Å². The van der Waals surface area contributed by atoms with E-state index in [0.29, 0.717) is 0 Å². The maximum Gasteiger partial charge on any atom is 1.00 e. The number of carbonyl (C=O) groups excluding carboxylic acids is 4. The van der Waals surface area contributed by atoms with Crippen molar-refractivity contribution in [1.82, 2.24) is 0 Å². The number of hydrogen-bond acceptors (Lipinski definition) is 10. The average Bonchev–Trinajstić information content (AvgIpc) is 2.53. The molecule has 0 aromatic carbocycles. The van der Waals surface area contributed by atoms with Gasteiger partial charge in [-0.15, -0.1) is 0 Å². The van der Waals surface area contributed by atoms with Crippen molar-refractivity contribution < 1.29 is 161 Å². The Morgan fingerprint density at radius 1 is 0.654 bits per heavy atom. The first-order chi connectivity index (χ1) is 11.0. The van der Waals surface area contributed by atoms with Gasteiger partial charge in [0, 0.05) is 9.05 Å². The third kappa shape index (κ3) is 17.1. The fourth-order valence-electron chi connectivity index (χ4n) is 0.960. The molecule has 4 unspecified atom stereocenters. The Labute approximate surface area is 232 Å². The Morgan fingerprint density at radius 3 is 1.04 bits per heavy atom. The van der Waals surface area contributed by atoms with Gasteiger partial charge in [-0.3, -0.25) is 9.88 Å². The van der Waals surface area contributed by atoms with Gasteiger partial charge in [-0.2, -0.15) is 0 Å². The monoisotopic (exact) mass is 436 g/mol. The summed E-state index contributed by atoms with van der Waals surface area (Å²) in [5, 5.41) is 20.1. The topological polar surface area (TPSA) is 151 Å². The van der Waals surface area contributed by atoms with E-state index < -0.39 is 48.3 Å². The number of ether oxygens (including phenoxy) is 2. The van der Waals surface area contributed by atoms with Crippen molar-refractivity contribution in [2.45, 2.75) is 52.1 Å². The standard InChI is InChI=1S/2C6H9FO5.2K/c2*1-3(5(8)9)11-4(2)6(10)12-7;;/h2*3-4H,1-2H3,(H,8,9);;/q;;2*+1/p-2. The fourth-order valence-corrected chi connectivity index (χ4v) is 0.960.